The average molecular weight is 250 g/mol. The van der Waals surface area contributed by atoms with Crippen LogP contribution in [0, 0.1) is 5.41 Å². The van der Waals surface area contributed by atoms with Crippen molar-refractivity contribution >= 4 is 23.2 Å². The van der Waals surface area contributed by atoms with Crippen LogP contribution in [0.1, 0.15) is 27.2 Å². The minimum absolute atomic E-state index is 0.0424. The zero-order valence-corrected chi connectivity index (χ0v) is 10.4. The highest BCUT2D eigenvalue weighted by Gasteiger charge is 2.11. The summed E-state index contributed by atoms with van der Waals surface area (Å²) in [7, 11) is 0. The molecule has 0 spiro atoms. The van der Waals surface area contributed by atoms with Crippen molar-refractivity contribution in [1.29, 1.82) is 0 Å². The summed E-state index contributed by atoms with van der Waals surface area (Å²) in [6.07, 6.45) is 0.897. The van der Waals surface area contributed by atoms with Crippen LogP contribution in [0.2, 0.25) is 10.6 Å². The van der Waals surface area contributed by atoms with E-state index in [0.29, 0.717) is 6.61 Å². The Bertz CT molecular complexity index is 318. The molecule has 0 saturated heterocycles. The van der Waals surface area contributed by atoms with Gasteiger partial charge in [0.1, 0.15) is 0 Å². The third kappa shape index (κ3) is 5.14. The molecule has 0 amide bonds. The molecule has 1 aromatic heterocycles. The number of rotatable bonds is 3. The minimum atomic E-state index is 0.0424. The van der Waals surface area contributed by atoms with Crippen molar-refractivity contribution in [3.05, 3.63) is 10.6 Å². The molecule has 0 aromatic carbocycles. The Morgan fingerprint density at radius 1 is 1.07 bits per heavy atom. The molecule has 0 unspecified atom stereocenters. The highest BCUT2D eigenvalue weighted by atomic mass is 35.5. The number of aromatic nitrogens is 3. The topological polar surface area (TPSA) is 47.9 Å². The molecular weight excluding hydrogens is 237 g/mol. The molecule has 0 bridgehead atoms. The number of nitrogens with zero attached hydrogens (tertiary/aromatic N) is 3. The lowest BCUT2D eigenvalue weighted by atomic mass is 9.93. The van der Waals surface area contributed by atoms with E-state index < -0.39 is 0 Å². The van der Waals surface area contributed by atoms with Gasteiger partial charge in [-0.2, -0.15) is 15.0 Å². The van der Waals surface area contributed by atoms with E-state index in [-0.39, 0.29) is 22.0 Å². The fourth-order valence-corrected chi connectivity index (χ4v) is 1.17. The zero-order valence-electron chi connectivity index (χ0n) is 8.92. The summed E-state index contributed by atoms with van der Waals surface area (Å²) < 4.78 is 5.31. The van der Waals surface area contributed by atoms with Gasteiger partial charge in [-0.1, -0.05) is 20.8 Å². The van der Waals surface area contributed by atoms with Crippen LogP contribution in [0.25, 0.3) is 0 Å². The Hall–Kier alpha value is -0.610. The highest BCUT2D eigenvalue weighted by molar-refractivity contribution is 6.31. The second-order valence-corrected chi connectivity index (χ2v) is 4.99. The standard InChI is InChI=1S/C9H13Cl2N3O/c1-9(2,3)4-5-15-8-13-6(10)12-7(11)14-8/h4-5H2,1-3H3. The Morgan fingerprint density at radius 3 is 2.07 bits per heavy atom. The van der Waals surface area contributed by atoms with E-state index in [0.717, 1.165) is 6.42 Å². The van der Waals surface area contributed by atoms with Crippen LogP contribution >= 0.6 is 23.2 Å². The van der Waals surface area contributed by atoms with Crippen LogP contribution in [-0.2, 0) is 0 Å². The Morgan fingerprint density at radius 2 is 1.60 bits per heavy atom. The van der Waals surface area contributed by atoms with Crippen LogP contribution in [0.4, 0.5) is 0 Å². The van der Waals surface area contributed by atoms with Gasteiger partial charge in [0, 0.05) is 0 Å². The van der Waals surface area contributed by atoms with Gasteiger partial charge in [-0.3, -0.25) is 0 Å². The largest absolute Gasteiger partial charge is 0.463 e. The fourth-order valence-electron chi connectivity index (χ4n) is 0.822. The maximum Gasteiger partial charge on any atom is 0.322 e. The SMILES string of the molecule is CC(C)(C)CCOc1nc(Cl)nc(Cl)n1. The molecule has 1 aromatic rings. The van der Waals surface area contributed by atoms with E-state index in [9.17, 15) is 0 Å². The third-order valence-corrected chi connectivity index (χ3v) is 1.98. The molecule has 0 radical (unpaired) electrons. The van der Waals surface area contributed by atoms with Crippen molar-refractivity contribution < 1.29 is 4.74 Å². The second-order valence-electron chi connectivity index (χ2n) is 4.32. The van der Waals surface area contributed by atoms with Crippen molar-refractivity contribution in [1.82, 2.24) is 15.0 Å². The number of halogens is 2. The lowest BCUT2D eigenvalue weighted by Crippen LogP contribution is -2.12. The van der Waals surface area contributed by atoms with Crippen molar-refractivity contribution in [2.24, 2.45) is 5.41 Å². The molecule has 0 fully saturated rings. The van der Waals surface area contributed by atoms with Gasteiger partial charge in [-0.05, 0) is 35.0 Å². The maximum absolute atomic E-state index is 5.59. The summed E-state index contributed by atoms with van der Waals surface area (Å²) >= 11 is 11.2. The lowest BCUT2D eigenvalue weighted by molar-refractivity contribution is 0.228. The Balaban J connectivity index is 2.51. The van der Waals surface area contributed by atoms with Gasteiger partial charge in [-0.15, -0.1) is 0 Å². The first-order valence-electron chi connectivity index (χ1n) is 4.57. The van der Waals surface area contributed by atoms with Crippen LogP contribution in [-0.4, -0.2) is 21.6 Å². The van der Waals surface area contributed by atoms with Gasteiger partial charge in [0.25, 0.3) is 0 Å². The van der Waals surface area contributed by atoms with E-state index in [1.807, 2.05) is 0 Å². The Kier molecular flexibility index (Phi) is 4.11. The second kappa shape index (κ2) is 4.94. The molecular formula is C9H13Cl2N3O. The lowest BCUT2D eigenvalue weighted by Gasteiger charge is -2.17. The molecule has 84 valence electrons. The smallest absolute Gasteiger partial charge is 0.322 e. The molecule has 0 N–H and O–H groups in total. The summed E-state index contributed by atoms with van der Waals surface area (Å²) in [5.41, 5.74) is 0.209. The van der Waals surface area contributed by atoms with Crippen molar-refractivity contribution in [3.8, 4) is 6.01 Å². The van der Waals surface area contributed by atoms with E-state index >= 15 is 0 Å². The fraction of sp³-hybridized carbons (Fsp3) is 0.667. The van der Waals surface area contributed by atoms with E-state index in [1.165, 1.54) is 0 Å². The zero-order chi connectivity index (χ0) is 11.5. The summed E-state index contributed by atoms with van der Waals surface area (Å²) in [5, 5.41) is 0.0847. The maximum atomic E-state index is 5.59. The molecule has 1 heterocycles. The molecule has 0 aliphatic heterocycles. The predicted molar refractivity (Wildman–Crippen MR) is 59.4 cm³/mol. The molecule has 15 heavy (non-hydrogen) atoms. The summed E-state index contributed by atoms with van der Waals surface area (Å²) in [5.74, 6) is 0. The number of ether oxygens (including phenoxy) is 1. The number of hydrogen-bond acceptors (Lipinski definition) is 4. The molecule has 0 aliphatic rings. The normalized spacial score (nSPS) is 11.5. The Labute approximate surface area is 99.0 Å². The van der Waals surface area contributed by atoms with Crippen LogP contribution in [0.5, 0.6) is 6.01 Å². The van der Waals surface area contributed by atoms with Gasteiger partial charge in [0.05, 0.1) is 6.61 Å². The quantitative estimate of drug-likeness (QED) is 0.827. The van der Waals surface area contributed by atoms with Gasteiger partial charge in [0.15, 0.2) is 0 Å². The van der Waals surface area contributed by atoms with Crippen LogP contribution in [0.3, 0.4) is 0 Å². The van der Waals surface area contributed by atoms with Gasteiger partial charge in [0.2, 0.25) is 10.6 Å². The van der Waals surface area contributed by atoms with Crippen molar-refractivity contribution in [3.63, 3.8) is 0 Å². The summed E-state index contributed by atoms with van der Waals surface area (Å²) in [6, 6.07) is 0.171. The summed E-state index contributed by atoms with van der Waals surface area (Å²) in [6.45, 7) is 6.91. The van der Waals surface area contributed by atoms with Crippen molar-refractivity contribution in [2.75, 3.05) is 6.61 Å². The monoisotopic (exact) mass is 249 g/mol. The number of hydrogen-bond donors (Lipinski definition) is 0. The molecule has 0 aliphatic carbocycles. The van der Waals surface area contributed by atoms with Crippen LogP contribution < -0.4 is 4.74 Å². The average Bonchev–Trinajstić information content (AvgIpc) is 1.99. The molecule has 6 heteroatoms. The first-order valence-corrected chi connectivity index (χ1v) is 5.32. The molecule has 0 atom stereocenters. The molecule has 0 saturated carbocycles. The first-order chi connectivity index (χ1) is 6.87. The van der Waals surface area contributed by atoms with E-state index in [2.05, 4.69) is 35.7 Å². The molecule has 1 rings (SSSR count). The van der Waals surface area contributed by atoms with Gasteiger partial charge >= 0.3 is 6.01 Å². The molecule has 4 nitrogen and oxygen atoms in total. The van der Waals surface area contributed by atoms with E-state index in [1.54, 1.807) is 0 Å². The highest BCUT2D eigenvalue weighted by Crippen LogP contribution is 2.19. The van der Waals surface area contributed by atoms with Gasteiger partial charge < -0.3 is 4.74 Å². The first kappa shape index (κ1) is 12.5. The van der Waals surface area contributed by atoms with Gasteiger partial charge in [-0.25, -0.2) is 0 Å². The predicted octanol–water partition coefficient (Wildman–Crippen LogP) is 2.99. The third-order valence-electron chi connectivity index (χ3n) is 1.64. The summed E-state index contributed by atoms with van der Waals surface area (Å²) in [4.78, 5) is 11.2. The van der Waals surface area contributed by atoms with Crippen molar-refractivity contribution in [2.45, 2.75) is 27.2 Å². The van der Waals surface area contributed by atoms with E-state index in [4.69, 9.17) is 27.9 Å². The van der Waals surface area contributed by atoms with Crippen LogP contribution in [0.15, 0.2) is 0 Å². The minimum Gasteiger partial charge on any atom is -0.463 e.